The van der Waals surface area contributed by atoms with Crippen LogP contribution >= 0.6 is 0 Å². The molecule has 1 N–H and O–H groups in total. The predicted molar refractivity (Wildman–Crippen MR) is 76.5 cm³/mol. The van der Waals surface area contributed by atoms with E-state index < -0.39 is 0 Å². The summed E-state index contributed by atoms with van der Waals surface area (Å²) in [6.45, 7) is 1.95. The molecule has 0 bridgehead atoms. The van der Waals surface area contributed by atoms with E-state index in [1.807, 2.05) is 19.1 Å². The van der Waals surface area contributed by atoms with Crippen LogP contribution in [0.25, 0.3) is 0 Å². The highest BCUT2D eigenvalue weighted by molar-refractivity contribution is 5.93. The van der Waals surface area contributed by atoms with Gasteiger partial charge >= 0.3 is 0 Å². The Morgan fingerprint density at radius 1 is 1.20 bits per heavy atom. The van der Waals surface area contributed by atoms with Gasteiger partial charge in [0.05, 0.1) is 19.2 Å². The number of amides is 1. The van der Waals surface area contributed by atoms with Crippen LogP contribution in [-0.4, -0.2) is 13.0 Å². The first-order valence-corrected chi connectivity index (χ1v) is 6.27. The van der Waals surface area contributed by atoms with Crippen LogP contribution < -0.4 is 10.1 Å². The van der Waals surface area contributed by atoms with Crippen LogP contribution in [0.3, 0.4) is 0 Å². The van der Waals surface area contributed by atoms with Crippen molar-refractivity contribution in [1.82, 2.24) is 0 Å². The van der Waals surface area contributed by atoms with Crippen molar-refractivity contribution in [2.75, 3.05) is 12.4 Å². The SMILES string of the molecule is COc1cc(C)ccc1NC(=O)Cc1ccc(F)cc1. The lowest BCUT2D eigenvalue weighted by Gasteiger charge is -2.11. The van der Waals surface area contributed by atoms with Crippen molar-refractivity contribution in [2.45, 2.75) is 13.3 Å². The van der Waals surface area contributed by atoms with E-state index in [0.29, 0.717) is 11.4 Å². The molecule has 0 fully saturated rings. The zero-order valence-electron chi connectivity index (χ0n) is 11.4. The van der Waals surface area contributed by atoms with Crippen molar-refractivity contribution < 1.29 is 13.9 Å². The molecule has 0 unspecified atom stereocenters. The van der Waals surface area contributed by atoms with Gasteiger partial charge in [-0.1, -0.05) is 18.2 Å². The maximum absolute atomic E-state index is 12.8. The summed E-state index contributed by atoms with van der Waals surface area (Å²) in [5, 5.41) is 2.79. The molecule has 0 atom stereocenters. The van der Waals surface area contributed by atoms with Gasteiger partial charge in [-0.25, -0.2) is 4.39 Å². The number of carbonyl (C=O) groups excluding carboxylic acids is 1. The molecule has 0 aliphatic carbocycles. The third-order valence-electron chi connectivity index (χ3n) is 2.91. The van der Waals surface area contributed by atoms with Crippen molar-refractivity contribution in [1.29, 1.82) is 0 Å². The molecule has 104 valence electrons. The van der Waals surface area contributed by atoms with Crippen LogP contribution in [-0.2, 0) is 11.2 Å². The second-order valence-electron chi connectivity index (χ2n) is 4.56. The van der Waals surface area contributed by atoms with Crippen LogP contribution in [0.2, 0.25) is 0 Å². The largest absolute Gasteiger partial charge is 0.495 e. The van der Waals surface area contributed by atoms with Crippen LogP contribution in [0.4, 0.5) is 10.1 Å². The smallest absolute Gasteiger partial charge is 0.228 e. The fraction of sp³-hybridized carbons (Fsp3) is 0.188. The fourth-order valence-corrected chi connectivity index (χ4v) is 1.88. The molecule has 20 heavy (non-hydrogen) atoms. The number of hydrogen-bond acceptors (Lipinski definition) is 2. The molecule has 0 saturated heterocycles. The molecule has 0 aliphatic heterocycles. The topological polar surface area (TPSA) is 38.3 Å². The molecule has 2 aromatic carbocycles. The van der Waals surface area contributed by atoms with Gasteiger partial charge in [-0.2, -0.15) is 0 Å². The van der Waals surface area contributed by atoms with Gasteiger partial charge in [0.15, 0.2) is 0 Å². The number of halogens is 1. The third kappa shape index (κ3) is 3.57. The first-order chi connectivity index (χ1) is 9.58. The molecular formula is C16H16FNO2. The average Bonchev–Trinajstić information content (AvgIpc) is 2.43. The van der Waals surface area contributed by atoms with E-state index in [9.17, 15) is 9.18 Å². The molecule has 0 aliphatic rings. The molecule has 2 aromatic rings. The summed E-state index contributed by atoms with van der Waals surface area (Å²) in [6, 6.07) is 11.4. The number of benzene rings is 2. The number of ether oxygens (including phenoxy) is 1. The van der Waals surface area contributed by atoms with E-state index in [1.165, 1.54) is 12.1 Å². The van der Waals surface area contributed by atoms with Crippen molar-refractivity contribution in [3.8, 4) is 5.75 Å². The summed E-state index contributed by atoms with van der Waals surface area (Å²) in [5.41, 5.74) is 2.44. The first-order valence-electron chi connectivity index (χ1n) is 6.27. The Hall–Kier alpha value is -2.36. The molecule has 3 nitrogen and oxygen atoms in total. The number of methoxy groups -OCH3 is 1. The van der Waals surface area contributed by atoms with E-state index in [4.69, 9.17) is 4.74 Å². The van der Waals surface area contributed by atoms with Crippen LogP contribution in [0.5, 0.6) is 5.75 Å². The van der Waals surface area contributed by atoms with Crippen molar-refractivity contribution >= 4 is 11.6 Å². The summed E-state index contributed by atoms with van der Waals surface area (Å²) in [4.78, 5) is 12.0. The summed E-state index contributed by atoms with van der Waals surface area (Å²) in [7, 11) is 1.56. The van der Waals surface area contributed by atoms with E-state index in [0.717, 1.165) is 11.1 Å². The third-order valence-corrected chi connectivity index (χ3v) is 2.91. The average molecular weight is 273 g/mol. The van der Waals surface area contributed by atoms with Gasteiger partial charge in [0, 0.05) is 0 Å². The van der Waals surface area contributed by atoms with Gasteiger partial charge in [0.25, 0.3) is 0 Å². The highest BCUT2D eigenvalue weighted by atomic mass is 19.1. The Morgan fingerprint density at radius 2 is 1.90 bits per heavy atom. The molecule has 0 spiro atoms. The maximum Gasteiger partial charge on any atom is 0.228 e. The van der Waals surface area contributed by atoms with Gasteiger partial charge in [-0.05, 0) is 42.3 Å². The molecule has 0 radical (unpaired) electrons. The first kappa shape index (κ1) is 14.1. The van der Waals surface area contributed by atoms with Gasteiger partial charge in [-0.15, -0.1) is 0 Å². The second-order valence-corrected chi connectivity index (χ2v) is 4.56. The zero-order valence-corrected chi connectivity index (χ0v) is 11.4. The predicted octanol–water partition coefficient (Wildman–Crippen LogP) is 3.32. The van der Waals surface area contributed by atoms with Gasteiger partial charge in [0.1, 0.15) is 11.6 Å². The Kier molecular flexibility index (Phi) is 4.35. The molecule has 0 heterocycles. The molecule has 1 amide bonds. The summed E-state index contributed by atoms with van der Waals surface area (Å²) in [6.07, 6.45) is 0.192. The lowest BCUT2D eigenvalue weighted by molar-refractivity contribution is -0.115. The Labute approximate surface area is 117 Å². The Balaban J connectivity index is 2.06. The summed E-state index contributed by atoms with van der Waals surface area (Å²) >= 11 is 0. The minimum atomic E-state index is -0.311. The van der Waals surface area contributed by atoms with E-state index in [-0.39, 0.29) is 18.1 Å². The minimum absolute atomic E-state index is 0.168. The minimum Gasteiger partial charge on any atom is -0.495 e. The van der Waals surface area contributed by atoms with Crippen LogP contribution in [0.1, 0.15) is 11.1 Å². The van der Waals surface area contributed by atoms with Gasteiger partial charge in [0.2, 0.25) is 5.91 Å². The Morgan fingerprint density at radius 3 is 2.55 bits per heavy atom. The molecule has 0 saturated carbocycles. The Bertz CT molecular complexity index is 608. The molecule has 0 aromatic heterocycles. The van der Waals surface area contributed by atoms with Gasteiger partial charge in [-0.3, -0.25) is 4.79 Å². The molecular weight excluding hydrogens is 257 g/mol. The van der Waals surface area contributed by atoms with Crippen LogP contribution in [0, 0.1) is 12.7 Å². The maximum atomic E-state index is 12.8. The van der Waals surface area contributed by atoms with Gasteiger partial charge < -0.3 is 10.1 Å². The normalized spacial score (nSPS) is 10.2. The number of carbonyl (C=O) groups is 1. The monoisotopic (exact) mass is 273 g/mol. The number of nitrogens with one attached hydrogen (secondary N) is 1. The van der Waals surface area contributed by atoms with E-state index in [1.54, 1.807) is 25.3 Å². The van der Waals surface area contributed by atoms with E-state index >= 15 is 0 Å². The zero-order chi connectivity index (χ0) is 14.5. The van der Waals surface area contributed by atoms with Crippen molar-refractivity contribution in [3.63, 3.8) is 0 Å². The lowest BCUT2D eigenvalue weighted by atomic mass is 10.1. The standard InChI is InChI=1S/C16H16FNO2/c1-11-3-8-14(15(9-11)20-2)18-16(19)10-12-4-6-13(17)7-5-12/h3-9H,10H2,1-2H3,(H,18,19). The second kappa shape index (κ2) is 6.19. The lowest BCUT2D eigenvalue weighted by Crippen LogP contribution is -2.15. The van der Waals surface area contributed by atoms with Crippen molar-refractivity contribution in [2.24, 2.45) is 0 Å². The van der Waals surface area contributed by atoms with Crippen molar-refractivity contribution in [3.05, 3.63) is 59.4 Å². The van der Waals surface area contributed by atoms with E-state index in [2.05, 4.69) is 5.32 Å². The number of anilines is 1. The van der Waals surface area contributed by atoms with Crippen LogP contribution in [0.15, 0.2) is 42.5 Å². The molecule has 4 heteroatoms. The number of hydrogen-bond donors (Lipinski definition) is 1. The summed E-state index contributed by atoms with van der Waals surface area (Å²) < 4.78 is 18.0. The highest BCUT2D eigenvalue weighted by Gasteiger charge is 2.08. The quantitative estimate of drug-likeness (QED) is 0.928. The molecule has 2 rings (SSSR count). The number of rotatable bonds is 4. The number of aryl methyl sites for hydroxylation is 1. The summed E-state index contributed by atoms with van der Waals surface area (Å²) in [5.74, 6) is 0.144. The fourth-order valence-electron chi connectivity index (χ4n) is 1.88. The highest BCUT2D eigenvalue weighted by Crippen LogP contribution is 2.25.